The van der Waals surface area contributed by atoms with E-state index in [1.807, 2.05) is 16.8 Å². The fourth-order valence-electron chi connectivity index (χ4n) is 2.08. The predicted octanol–water partition coefficient (Wildman–Crippen LogP) is 1.26. The Morgan fingerprint density at radius 2 is 2.50 bits per heavy atom. The Morgan fingerprint density at radius 3 is 3.25 bits per heavy atom. The van der Waals surface area contributed by atoms with Crippen molar-refractivity contribution >= 4 is 0 Å². The lowest BCUT2D eigenvalue weighted by molar-refractivity contribution is 0.421. The molecule has 0 bridgehead atoms. The number of aryl methyl sites for hydroxylation is 1. The Hall–Kier alpha value is -1.62. The summed E-state index contributed by atoms with van der Waals surface area (Å²) < 4.78 is 7.20. The van der Waals surface area contributed by atoms with Gasteiger partial charge in [-0.05, 0) is 25.0 Å². The van der Waals surface area contributed by atoms with E-state index in [4.69, 9.17) is 10.2 Å². The van der Waals surface area contributed by atoms with Gasteiger partial charge in [0.1, 0.15) is 11.6 Å². The molecule has 0 radical (unpaired) electrons. The molecule has 16 heavy (non-hydrogen) atoms. The van der Waals surface area contributed by atoms with Crippen LogP contribution in [0.5, 0.6) is 0 Å². The second kappa shape index (κ2) is 3.75. The third kappa shape index (κ3) is 1.63. The quantitative estimate of drug-likeness (QED) is 0.823. The molecule has 0 saturated heterocycles. The van der Waals surface area contributed by atoms with Crippen LogP contribution in [-0.4, -0.2) is 14.8 Å². The van der Waals surface area contributed by atoms with Crippen LogP contribution >= 0.6 is 0 Å². The van der Waals surface area contributed by atoms with Gasteiger partial charge in [-0.3, -0.25) is 0 Å². The summed E-state index contributed by atoms with van der Waals surface area (Å²) in [7, 11) is 0. The standard InChI is InChI=1S/C11H14N4O/c12-9-4-1-5-15-11(9)13-10(14-15)7-8-3-2-6-16-8/h2-3,6,9H,1,4-5,7,12H2. The van der Waals surface area contributed by atoms with Gasteiger partial charge in [0.2, 0.25) is 0 Å². The maximum Gasteiger partial charge on any atom is 0.158 e. The Labute approximate surface area is 93.3 Å². The van der Waals surface area contributed by atoms with Crippen molar-refractivity contribution in [3.05, 3.63) is 35.8 Å². The van der Waals surface area contributed by atoms with E-state index in [1.54, 1.807) is 6.26 Å². The molecule has 3 rings (SSSR count). The summed E-state index contributed by atoms with van der Waals surface area (Å²) in [5, 5.41) is 4.44. The minimum absolute atomic E-state index is 0.0339. The van der Waals surface area contributed by atoms with Gasteiger partial charge >= 0.3 is 0 Å². The normalized spacial score (nSPS) is 19.7. The van der Waals surface area contributed by atoms with E-state index in [2.05, 4.69) is 10.1 Å². The van der Waals surface area contributed by atoms with E-state index in [-0.39, 0.29) is 6.04 Å². The molecule has 0 fully saturated rings. The van der Waals surface area contributed by atoms with E-state index in [0.717, 1.165) is 36.8 Å². The second-order valence-corrected chi connectivity index (χ2v) is 4.11. The zero-order valence-electron chi connectivity index (χ0n) is 8.97. The summed E-state index contributed by atoms with van der Waals surface area (Å²) in [4.78, 5) is 4.47. The highest BCUT2D eigenvalue weighted by Gasteiger charge is 2.21. The molecule has 2 N–H and O–H groups in total. The van der Waals surface area contributed by atoms with Crippen molar-refractivity contribution in [1.82, 2.24) is 14.8 Å². The first-order valence-electron chi connectivity index (χ1n) is 5.54. The minimum Gasteiger partial charge on any atom is -0.469 e. The molecule has 5 nitrogen and oxygen atoms in total. The molecule has 0 amide bonds. The number of fused-ring (bicyclic) bond motifs is 1. The molecule has 5 heteroatoms. The molecule has 2 aromatic heterocycles. The molecular weight excluding hydrogens is 204 g/mol. The van der Waals surface area contributed by atoms with Crippen molar-refractivity contribution in [3.8, 4) is 0 Å². The van der Waals surface area contributed by atoms with Crippen LogP contribution in [0.25, 0.3) is 0 Å². The fraction of sp³-hybridized carbons (Fsp3) is 0.455. The number of hydrogen-bond donors (Lipinski definition) is 1. The number of hydrogen-bond acceptors (Lipinski definition) is 4. The molecule has 3 heterocycles. The van der Waals surface area contributed by atoms with E-state index in [9.17, 15) is 0 Å². The third-order valence-electron chi connectivity index (χ3n) is 2.87. The number of furan rings is 1. The zero-order valence-corrected chi connectivity index (χ0v) is 8.97. The number of nitrogens with zero attached hydrogens (tertiary/aromatic N) is 3. The lowest BCUT2D eigenvalue weighted by atomic mass is 10.1. The molecule has 1 aliphatic rings. The zero-order chi connectivity index (χ0) is 11.0. The average molecular weight is 218 g/mol. The summed E-state index contributed by atoms with van der Waals surface area (Å²) >= 11 is 0. The van der Waals surface area contributed by atoms with E-state index in [1.165, 1.54) is 0 Å². The summed E-state index contributed by atoms with van der Waals surface area (Å²) in [6.07, 6.45) is 4.38. The van der Waals surface area contributed by atoms with Gasteiger partial charge < -0.3 is 10.2 Å². The number of rotatable bonds is 2. The fourth-order valence-corrected chi connectivity index (χ4v) is 2.08. The van der Waals surface area contributed by atoms with Gasteiger partial charge in [-0.25, -0.2) is 9.67 Å². The first kappa shape index (κ1) is 9.59. The van der Waals surface area contributed by atoms with Crippen LogP contribution in [-0.2, 0) is 13.0 Å². The second-order valence-electron chi connectivity index (χ2n) is 4.11. The largest absolute Gasteiger partial charge is 0.469 e. The van der Waals surface area contributed by atoms with Crippen LogP contribution in [0.15, 0.2) is 22.8 Å². The summed E-state index contributed by atoms with van der Waals surface area (Å²) in [6.45, 7) is 0.925. The molecule has 0 aromatic carbocycles. The number of nitrogens with two attached hydrogens (primary N) is 1. The summed E-state index contributed by atoms with van der Waals surface area (Å²) in [5.74, 6) is 2.59. The van der Waals surface area contributed by atoms with Crippen molar-refractivity contribution in [2.24, 2.45) is 5.73 Å². The summed E-state index contributed by atoms with van der Waals surface area (Å²) in [5.41, 5.74) is 5.99. The lowest BCUT2D eigenvalue weighted by Crippen LogP contribution is -2.22. The Bertz CT molecular complexity index is 474. The maximum atomic E-state index is 5.99. The highest BCUT2D eigenvalue weighted by atomic mass is 16.3. The van der Waals surface area contributed by atoms with Crippen molar-refractivity contribution in [3.63, 3.8) is 0 Å². The van der Waals surface area contributed by atoms with Gasteiger partial charge in [0, 0.05) is 6.54 Å². The monoisotopic (exact) mass is 218 g/mol. The van der Waals surface area contributed by atoms with E-state index < -0.39 is 0 Å². The third-order valence-corrected chi connectivity index (χ3v) is 2.87. The first-order chi connectivity index (χ1) is 7.83. The van der Waals surface area contributed by atoms with Gasteiger partial charge in [0.15, 0.2) is 5.82 Å². The average Bonchev–Trinajstić information content (AvgIpc) is 2.88. The van der Waals surface area contributed by atoms with Crippen LogP contribution in [0.2, 0.25) is 0 Å². The Balaban J connectivity index is 1.87. The molecule has 1 aliphatic heterocycles. The maximum absolute atomic E-state index is 5.99. The highest BCUT2D eigenvalue weighted by Crippen LogP contribution is 2.21. The predicted molar refractivity (Wildman–Crippen MR) is 57.7 cm³/mol. The lowest BCUT2D eigenvalue weighted by Gasteiger charge is -2.17. The van der Waals surface area contributed by atoms with Crippen LogP contribution in [0.1, 0.15) is 36.3 Å². The van der Waals surface area contributed by atoms with Gasteiger partial charge in [0.05, 0.1) is 18.7 Å². The van der Waals surface area contributed by atoms with Crippen molar-refractivity contribution < 1.29 is 4.42 Å². The SMILES string of the molecule is NC1CCCn2nc(Cc3ccco3)nc21. The number of aromatic nitrogens is 3. The van der Waals surface area contributed by atoms with Crippen LogP contribution in [0.4, 0.5) is 0 Å². The van der Waals surface area contributed by atoms with Crippen LogP contribution in [0, 0.1) is 0 Å². The van der Waals surface area contributed by atoms with Crippen LogP contribution in [0.3, 0.4) is 0 Å². The molecule has 2 aromatic rings. The Morgan fingerprint density at radius 1 is 1.56 bits per heavy atom. The Kier molecular flexibility index (Phi) is 2.25. The van der Waals surface area contributed by atoms with Crippen molar-refractivity contribution in [2.75, 3.05) is 0 Å². The van der Waals surface area contributed by atoms with E-state index >= 15 is 0 Å². The topological polar surface area (TPSA) is 69.9 Å². The van der Waals surface area contributed by atoms with Gasteiger partial charge in [-0.15, -0.1) is 0 Å². The molecule has 84 valence electrons. The van der Waals surface area contributed by atoms with Gasteiger partial charge in [-0.1, -0.05) is 0 Å². The molecule has 1 atom stereocenters. The van der Waals surface area contributed by atoms with Crippen molar-refractivity contribution in [1.29, 1.82) is 0 Å². The molecular formula is C11H14N4O. The molecule has 0 saturated carbocycles. The summed E-state index contributed by atoms with van der Waals surface area (Å²) in [6, 6.07) is 3.84. The first-order valence-corrected chi connectivity index (χ1v) is 5.54. The molecule has 0 spiro atoms. The van der Waals surface area contributed by atoms with Gasteiger partial charge in [0.25, 0.3) is 0 Å². The molecule has 1 unspecified atom stereocenters. The van der Waals surface area contributed by atoms with Crippen molar-refractivity contribution in [2.45, 2.75) is 31.8 Å². The smallest absolute Gasteiger partial charge is 0.158 e. The van der Waals surface area contributed by atoms with E-state index in [0.29, 0.717) is 6.42 Å². The minimum atomic E-state index is 0.0339. The van der Waals surface area contributed by atoms with Crippen LogP contribution < -0.4 is 5.73 Å². The van der Waals surface area contributed by atoms with Gasteiger partial charge in [-0.2, -0.15) is 5.10 Å². The highest BCUT2D eigenvalue weighted by molar-refractivity contribution is 5.08. The molecule has 0 aliphatic carbocycles.